The van der Waals surface area contributed by atoms with Gasteiger partial charge in [0.1, 0.15) is 0 Å². The predicted octanol–water partition coefficient (Wildman–Crippen LogP) is 3.49. The van der Waals surface area contributed by atoms with Crippen molar-refractivity contribution in [3.05, 3.63) is 0 Å². The molecule has 0 aromatic heterocycles. The molecule has 0 aromatic rings. The Kier molecular flexibility index (Phi) is 5.77. The third-order valence-corrected chi connectivity index (χ3v) is 3.96. The maximum Gasteiger partial charge on any atom is 0.0731 e. The van der Waals surface area contributed by atoms with E-state index >= 15 is 0 Å². The van der Waals surface area contributed by atoms with Gasteiger partial charge in [0, 0.05) is 12.6 Å². The second-order valence-corrected chi connectivity index (χ2v) is 5.88. The summed E-state index contributed by atoms with van der Waals surface area (Å²) in [6.07, 6.45) is 9.17. The van der Waals surface area contributed by atoms with Gasteiger partial charge in [-0.25, -0.2) is 0 Å². The number of rotatable bonds is 7. The molecule has 2 unspecified atom stereocenters. The summed E-state index contributed by atoms with van der Waals surface area (Å²) in [5.41, 5.74) is 6.46. The molecular weight excluding hydrogens is 198 g/mol. The summed E-state index contributed by atoms with van der Waals surface area (Å²) < 4.78 is 5.91. The maximum absolute atomic E-state index is 6.19. The Bertz CT molecular complexity index is 191. The molecule has 2 atom stereocenters. The SMILES string of the molecule is CCCCCCCOC1CCC(C)(C)C1N. The van der Waals surface area contributed by atoms with Gasteiger partial charge in [0.05, 0.1) is 6.10 Å². The highest BCUT2D eigenvalue weighted by molar-refractivity contribution is 4.94. The van der Waals surface area contributed by atoms with Gasteiger partial charge in [-0.1, -0.05) is 46.5 Å². The van der Waals surface area contributed by atoms with E-state index in [1.165, 1.54) is 38.5 Å². The van der Waals surface area contributed by atoms with E-state index in [1.54, 1.807) is 0 Å². The van der Waals surface area contributed by atoms with Crippen LogP contribution < -0.4 is 5.73 Å². The summed E-state index contributed by atoms with van der Waals surface area (Å²) >= 11 is 0. The van der Waals surface area contributed by atoms with Crippen molar-refractivity contribution in [2.45, 2.75) is 77.9 Å². The molecule has 16 heavy (non-hydrogen) atoms. The van der Waals surface area contributed by atoms with E-state index in [4.69, 9.17) is 10.5 Å². The van der Waals surface area contributed by atoms with Gasteiger partial charge in [-0.2, -0.15) is 0 Å². The molecule has 0 aromatic carbocycles. The van der Waals surface area contributed by atoms with Crippen LogP contribution in [0.25, 0.3) is 0 Å². The summed E-state index contributed by atoms with van der Waals surface area (Å²) in [7, 11) is 0. The first-order valence-electron chi connectivity index (χ1n) is 6.95. The van der Waals surface area contributed by atoms with Crippen LogP contribution in [0.2, 0.25) is 0 Å². The lowest BCUT2D eigenvalue weighted by Gasteiger charge is -2.26. The quantitative estimate of drug-likeness (QED) is 0.676. The minimum Gasteiger partial charge on any atom is -0.377 e. The van der Waals surface area contributed by atoms with Crippen LogP contribution in [0.15, 0.2) is 0 Å². The predicted molar refractivity (Wildman–Crippen MR) is 69.5 cm³/mol. The van der Waals surface area contributed by atoms with Crippen molar-refractivity contribution in [1.82, 2.24) is 0 Å². The molecule has 0 aliphatic heterocycles. The minimum absolute atomic E-state index is 0.225. The zero-order chi connectivity index (χ0) is 12.0. The third kappa shape index (κ3) is 4.06. The van der Waals surface area contributed by atoms with Gasteiger partial charge in [-0.15, -0.1) is 0 Å². The van der Waals surface area contributed by atoms with E-state index < -0.39 is 0 Å². The van der Waals surface area contributed by atoms with Crippen molar-refractivity contribution in [3.8, 4) is 0 Å². The highest BCUT2D eigenvalue weighted by Gasteiger charge is 2.39. The molecule has 0 saturated heterocycles. The fourth-order valence-corrected chi connectivity index (χ4v) is 2.49. The van der Waals surface area contributed by atoms with Crippen molar-refractivity contribution in [2.24, 2.45) is 11.1 Å². The molecule has 1 rings (SSSR count). The monoisotopic (exact) mass is 227 g/mol. The van der Waals surface area contributed by atoms with Crippen LogP contribution >= 0.6 is 0 Å². The van der Waals surface area contributed by atoms with Gasteiger partial charge in [-0.05, 0) is 24.7 Å². The molecule has 2 heteroatoms. The van der Waals surface area contributed by atoms with Crippen LogP contribution in [0.1, 0.15) is 65.7 Å². The molecule has 0 amide bonds. The van der Waals surface area contributed by atoms with Crippen molar-refractivity contribution in [2.75, 3.05) is 6.61 Å². The first-order chi connectivity index (χ1) is 7.58. The molecule has 2 nitrogen and oxygen atoms in total. The second-order valence-electron chi connectivity index (χ2n) is 5.88. The van der Waals surface area contributed by atoms with E-state index in [-0.39, 0.29) is 11.5 Å². The van der Waals surface area contributed by atoms with E-state index in [1.807, 2.05) is 0 Å². The van der Waals surface area contributed by atoms with E-state index in [9.17, 15) is 0 Å². The van der Waals surface area contributed by atoms with Crippen LogP contribution in [0.3, 0.4) is 0 Å². The van der Waals surface area contributed by atoms with Crippen molar-refractivity contribution < 1.29 is 4.74 Å². The van der Waals surface area contributed by atoms with Gasteiger partial charge in [0.25, 0.3) is 0 Å². The summed E-state index contributed by atoms with van der Waals surface area (Å²) in [4.78, 5) is 0. The number of nitrogens with two attached hydrogens (primary N) is 1. The molecule has 0 spiro atoms. The van der Waals surface area contributed by atoms with E-state index in [0.29, 0.717) is 6.10 Å². The highest BCUT2D eigenvalue weighted by atomic mass is 16.5. The first kappa shape index (κ1) is 14.0. The van der Waals surface area contributed by atoms with Gasteiger partial charge >= 0.3 is 0 Å². The van der Waals surface area contributed by atoms with Crippen LogP contribution in [-0.4, -0.2) is 18.8 Å². The van der Waals surface area contributed by atoms with Gasteiger partial charge < -0.3 is 10.5 Å². The Hall–Kier alpha value is -0.0800. The molecule has 2 N–H and O–H groups in total. The molecule has 96 valence electrons. The normalized spacial score (nSPS) is 28.5. The summed E-state index contributed by atoms with van der Waals surface area (Å²) in [5.74, 6) is 0. The van der Waals surface area contributed by atoms with Crippen LogP contribution in [-0.2, 0) is 4.74 Å². The van der Waals surface area contributed by atoms with E-state index in [2.05, 4.69) is 20.8 Å². The summed E-state index contributed by atoms with van der Waals surface area (Å²) in [5, 5.41) is 0. The number of unbranched alkanes of at least 4 members (excludes halogenated alkanes) is 4. The zero-order valence-corrected chi connectivity index (χ0v) is 11.3. The average molecular weight is 227 g/mol. The van der Waals surface area contributed by atoms with Crippen LogP contribution in [0.4, 0.5) is 0 Å². The molecule has 1 fully saturated rings. The Morgan fingerprint density at radius 3 is 2.44 bits per heavy atom. The average Bonchev–Trinajstić information content (AvgIpc) is 2.50. The fraction of sp³-hybridized carbons (Fsp3) is 1.00. The van der Waals surface area contributed by atoms with Crippen LogP contribution in [0, 0.1) is 5.41 Å². The molecule has 1 aliphatic carbocycles. The first-order valence-corrected chi connectivity index (χ1v) is 6.95. The molecule has 0 bridgehead atoms. The van der Waals surface area contributed by atoms with Crippen molar-refractivity contribution in [3.63, 3.8) is 0 Å². The Labute approximate surface area is 101 Å². The molecule has 0 radical (unpaired) electrons. The fourth-order valence-electron chi connectivity index (χ4n) is 2.49. The van der Waals surface area contributed by atoms with Crippen molar-refractivity contribution in [1.29, 1.82) is 0 Å². The molecule has 1 aliphatic rings. The Balaban J connectivity index is 2.06. The van der Waals surface area contributed by atoms with Gasteiger partial charge in [0.15, 0.2) is 0 Å². The Morgan fingerprint density at radius 1 is 1.19 bits per heavy atom. The van der Waals surface area contributed by atoms with E-state index in [0.717, 1.165) is 13.0 Å². The third-order valence-electron chi connectivity index (χ3n) is 3.96. The lowest BCUT2D eigenvalue weighted by Crippen LogP contribution is -2.41. The molecule has 0 heterocycles. The van der Waals surface area contributed by atoms with Crippen molar-refractivity contribution >= 4 is 0 Å². The molecular formula is C14H29NO. The maximum atomic E-state index is 6.19. The minimum atomic E-state index is 0.225. The van der Waals surface area contributed by atoms with Gasteiger partial charge in [0.2, 0.25) is 0 Å². The number of hydrogen-bond donors (Lipinski definition) is 1. The summed E-state index contributed by atoms with van der Waals surface area (Å²) in [6, 6.07) is 0.225. The zero-order valence-electron chi connectivity index (χ0n) is 11.3. The smallest absolute Gasteiger partial charge is 0.0731 e. The lowest BCUT2D eigenvalue weighted by molar-refractivity contribution is 0.0354. The van der Waals surface area contributed by atoms with Gasteiger partial charge in [-0.3, -0.25) is 0 Å². The topological polar surface area (TPSA) is 35.2 Å². The lowest BCUT2D eigenvalue weighted by atomic mass is 9.88. The van der Waals surface area contributed by atoms with Crippen LogP contribution in [0.5, 0.6) is 0 Å². The Morgan fingerprint density at radius 2 is 1.88 bits per heavy atom. The largest absolute Gasteiger partial charge is 0.377 e. The number of hydrogen-bond acceptors (Lipinski definition) is 2. The summed E-state index contributed by atoms with van der Waals surface area (Å²) in [6.45, 7) is 7.65. The highest BCUT2D eigenvalue weighted by Crippen LogP contribution is 2.37. The second kappa shape index (κ2) is 6.61. The molecule has 1 saturated carbocycles. The number of ether oxygens (including phenoxy) is 1. The standard InChI is InChI=1S/C14H29NO/c1-4-5-6-7-8-11-16-12-9-10-14(2,3)13(12)15/h12-13H,4-11,15H2,1-3H3.